The number of rotatable bonds is 3. The van der Waals surface area contributed by atoms with Crippen LogP contribution in [0.5, 0.6) is 5.75 Å². The number of benzene rings is 2. The fourth-order valence-electron chi connectivity index (χ4n) is 1.52. The Morgan fingerprint density at radius 1 is 1.06 bits per heavy atom. The Morgan fingerprint density at radius 2 is 1.72 bits per heavy atom. The predicted octanol–water partition coefficient (Wildman–Crippen LogP) is 5.75. The van der Waals surface area contributed by atoms with Gasteiger partial charge in [0.2, 0.25) is 0 Å². The quantitative estimate of drug-likeness (QED) is 0.648. The van der Waals surface area contributed by atoms with Crippen LogP contribution < -0.4 is 4.74 Å². The Kier molecular flexibility index (Phi) is 4.71. The van der Waals surface area contributed by atoms with E-state index in [2.05, 4.69) is 31.9 Å². The smallest absolute Gasteiger partial charge is 0.123 e. The summed E-state index contributed by atoms with van der Waals surface area (Å²) in [5, 5.41) is 0.706. The molecule has 0 aliphatic rings. The maximum absolute atomic E-state index is 6.15. The first-order valence-corrected chi connectivity index (χ1v) is 7.35. The molecule has 0 aliphatic carbocycles. The summed E-state index contributed by atoms with van der Waals surface area (Å²) in [5.41, 5.74) is 2.07. The maximum Gasteiger partial charge on any atom is 0.123 e. The third kappa shape index (κ3) is 3.50. The van der Waals surface area contributed by atoms with Gasteiger partial charge in [0.15, 0.2) is 0 Å². The molecule has 0 spiro atoms. The van der Waals surface area contributed by atoms with E-state index in [0.717, 1.165) is 25.8 Å². The molecule has 4 heteroatoms. The lowest BCUT2D eigenvalue weighted by molar-refractivity contribution is 0.304. The highest BCUT2D eigenvalue weighted by molar-refractivity contribution is 9.10. The molecular formula is C14H11Br2ClO. The van der Waals surface area contributed by atoms with Crippen LogP contribution in [0, 0.1) is 6.92 Å². The minimum absolute atomic E-state index is 0.462. The van der Waals surface area contributed by atoms with Gasteiger partial charge < -0.3 is 4.74 Å². The monoisotopic (exact) mass is 388 g/mol. The van der Waals surface area contributed by atoms with Gasteiger partial charge in [0.25, 0.3) is 0 Å². The van der Waals surface area contributed by atoms with E-state index in [1.807, 2.05) is 43.3 Å². The molecule has 0 aliphatic heterocycles. The molecule has 0 saturated carbocycles. The Labute approximate surface area is 128 Å². The molecule has 0 radical (unpaired) electrons. The Morgan fingerprint density at radius 3 is 2.44 bits per heavy atom. The summed E-state index contributed by atoms with van der Waals surface area (Å²) >= 11 is 13.0. The van der Waals surface area contributed by atoms with E-state index < -0.39 is 0 Å². The first-order chi connectivity index (χ1) is 8.56. The van der Waals surface area contributed by atoms with Crippen molar-refractivity contribution in [2.45, 2.75) is 13.5 Å². The molecule has 0 aromatic heterocycles. The second-order valence-corrected chi connectivity index (χ2v) is 6.17. The molecule has 0 N–H and O–H groups in total. The minimum atomic E-state index is 0.462. The van der Waals surface area contributed by atoms with Crippen LogP contribution >= 0.6 is 43.5 Å². The van der Waals surface area contributed by atoms with E-state index in [4.69, 9.17) is 16.3 Å². The van der Waals surface area contributed by atoms with Gasteiger partial charge in [-0.15, -0.1) is 0 Å². The third-order valence-electron chi connectivity index (χ3n) is 2.55. The Bertz CT molecular complexity index is 570. The average molecular weight is 391 g/mol. The summed E-state index contributed by atoms with van der Waals surface area (Å²) in [5.74, 6) is 0.864. The molecule has 0 unspecified atom stereocenters. The van der Waals surface area contributed by atoms with Crippen LogP contribution in [-0.4, -0.2) is 0 Å². The van der Waals surface area contributed by atoms with Crippen LogP contribution in [0.3, 0.4) is 0 Å². The van der Waals surface area contributed by atoms with Crippen molar-refractivity contribution in [2.24, 2.45) is 0 Å². The summed E-state index contributed by atoms with van der Waals surface area (Å²) in [6.45, 7) is 2.48. The molecule has 0 heterocycles. The van der Waals surface area contributed by atoms with Gasteiger partial charge in [0.05, 0.1) is 0 Å². The van der Waals surface area contributed by atoms with Gasteiger partial charge in [-0.2, -0.15) is 0 Å². The van der Waals surface area contributed by atoms with Crippen molar-refractivity contribution < 1.29 is 4.74 Å². The van der Waals surface area contributed by atoms with Gasteiger partial charge in [-0.05, 0) is 36.8 Å². The normalized spacial score (nSPS) is 10.4. The largest absolute Gasteiger partial charge is 0.489 e. The highest BCUT2D eigenvalue weighted by Gasteiger charge is 2.04. The van der Waals surface area contributed by atoms with Gasteiger partial charge in [-0.25, -0.2) is 0 Å². The van der Waals surface area contributed by atoms with E-state index in [-0.39, 0.29) is 0 Å². The van der Waals surface area contributed by atoms with E-state index in [0.29, 0.717) is 11.6 Å². The van der Waals surface area contributed by atoms with Crippen LogP contribution in [0.4, 0.5) is 0 Å². The van der Waals surface area contributed by atoms with Crippen molar-refractivity contribution in [2.75, 3.05) is 0 Å². The molecule has 2 aromatic rings. The number of hydrogen-bond acceptors (Lipinski definition) is 1. The van der Waals surface area contributed by atoms with E-state index >= 15 is 0 Å². The van der Waals surface area contributed by atoms with Crippen molar-refractivity contribution in [3.05, 3.63) is 61.5 Å². The van der Waals surface area contributed by atoms with Gasteiger partial charge in [0, 0.05) is 19.5 Å². The predicted molar refractivity (Wildman–Crippen MR) is 82.4 cm³/mol. The third-order valence-corrected chi connectivity index (χ3v) is 3.89. The standard InChI is InChI=1S/C14H11Br2ClO/c1-9-2-4-12(16)7-14(9)18-8-10-3-5-11(15)6-13(10)17/h2-7H,8H2,1H3. The van der Waals surface area contributed by atoms with Crippen molar-refractivity contribution in [1.82, 2.24) is 0 Å². The van der Waals surface area contributed by atoms with Crippen LogP contribution in [0.2, 0.25) is 5.02 Å². The van der Waals surface area contributed by atoms with Crippen LogP contribution in [0.25, 0.3) is 0 Å². The van der Waals surface area contributed by atoms with Gasteiger partial charge in [-0.3, -0.25) is 0 Å². The van der Waals surface area contributed by atoms with E-state index in [1.54, 1.807) is 0 Å². The fraction of sp³-hybridized carbons (Fsp3) is 0.143. The summed E-state index contributed by atoms with van der Waals surface area (Å²) in [6.07, 6.45) is 0. The Balaban J connectivity index is 2.13. The van der Waals surface area contributed by atoms with Crippen molar-refractivity contribution >= 4 is 43.5 Å². The topological polar surface area (TPSA) is 9.23 Å². The zero-order chi connectivity index (χ0) is 13.1. The van der Waals surface area contributed by atoms with Crippen LogP contribution in [0.15, 0.2) is 45.3 Å². The van der Waals surface area contributed by atoms with Crippen LogP contribution in [-0.2, 0) is 6.61 Å². The van der Waals surface area contributed by atoms with Gasteiger partial charge in [-0.1, -0.05) is 55.6 Å². The van der Waals surface area contributed by atoms with Crippen LogP contribution in [0.1, 0.15) is 11.1 Å². The first-order valence-electron chi connectivity index (χ1n) is 5.39. The van der Waals surface area contributed by atoms with E-state index in [1.165, 1.54) is 0 Å². The zero-order valence-corrected chi connectivity index (χ0v) is 13.6. The van der Waals surface area contributed by atoms with Gasteiger partial charge in [0.1, 0.15) is 12.4 Å². The second kappa shape index (κ2) is 6.09. The highest BCUT2D eigenvalue weighted by atomic mass is 79.9. The average Bonchev–Trinajstić information content (AvgIpc) is 2.32. The fourth-order valence-corrected chi connectivity index (χ4v) is 2.59. The molecule has 94 valence electrons. The van der Waals surface area contributed by atoms with Crippen molar-refractivity contribution in [3.63, 3.8) is 0 Å². The lowest BCUT2D eigenvalue weighted by atomic mass is 10.2. The highest BCUT2D eigenvalue weighted by Crippen LogP contribution is 2.26. The molecule has 0 atom stereocenters. The van der Waals surface area contributed by atoms with Crippen molar-refractivity contribution in [3.8, 4) is 5.75 Å². The molecule has 0 amide bonds. The molecule has 2 aromatic carbocycles. The summed E-state index contributed by atoms with van der Waals surface area (Å²) in [6, 6.07) is 11.8. The molecule has 0 fully saturated rings. The van der Waals surface area contributed by atoms with E-state index in [9.17, 15) is 0 Å². The maximum atomic E-state index is 6.15. The number of hydrogen-bond donors (Lipinski definition) is 0. The molecule has 2 rings (SSSR count). The SMILES string of the molecule is Cc1ccc(Br)cc1OCc1ccc(Br)cc1Cl. The molecule has 0 saturated heterocycles. The molecule has 18 heavy (non-hydrogen) atoms. The summed E-state index contributed by atoms with van der Waals surface area (Å²) in [7, 11) is 0. The van der Waals surface area contributed by atoms with Crippen molar-refractivity contribution in [1.29, 1.82) is 0 Å². The van der Waals surface area contributed by atoms with Gasteiger partial charge >= 0.3 is 0 Å². The first kappa shape index (κ1) is 13.9. The minimum Gasteiger partial charge on any atom is -0.489 e. The number of ether oxygens (including phenoxy) is 1. The summed E-state index contributed by atoms with van der Waals surface area (Å²) in [4.78, 5) is 0. The molecular weight excluding hydrogens is 379 g/mol. The lowest BCUT2D eigenvalue weighted by Crippen LogP contribution is -1.97. The second-order valence-electron chi connectivity index (χ2n) is 3.93. The molecule has 1 nitrogen and oxygen atoms in total. The lowest BCUT2D eigenvalue weighted by Gasteiger charge is -2.10. The molecule has 0 bridgehead atoms. The Hall–Kier alpha value is -0.510. The zero-order valence-electron chi connectivity index (χ0n) is 9.71. The number of aryl methyl sites for hydroxylation is 1. The summed E-state index contributed by atoms with van der Waals surface area (Å²) < 4.78 is 7.77. The number of halogens is 3.